The van der Waals surface area contributed by atoms with Gasteiger partial charge in [0.25, 0.3) is 0 Å². The smallest absolute Gasteiger partial charge is 0.0539 e. The number of hydrogen-bond acceptors (Lipinski definition) is 0. The Labute approximate surface area is 133 Å². The second-order valence-electron chi connectivity index (χ2n) is 2.85. The fourth-order valence-electron chi connectivity index (χ4n) is 0.869. The average molecular weight is 477 g/mol. The summed E-state index contributed by atoms with van der Waals surface area (Å²) in [6, 6.07) is 15.4. The van der Waals surface area contributed by atoms with Gasteiger partial charge in [0, 0.05) is 12.2 Å². The predicted octanol–water partition coefficient (Wildman–Crippen LogP) is 5.89. The molecule has 0 aromatic heterocycles. The number of halogens is 4. The van der Waals surface area contributed by atoms with E-state index in [1.807, 2.05) is 48.5 Å². The van der Waals surface area contributed by atoms with E-state index >= 15 is 0 Å². The summed E-state index contributed by atoms with van der Waals surface area (Å²) < 4.78 is 2.32. The van der Waals surface area contributed by atoms with Crippen LogP contribution in [0.5, 0.6) is 0 Å². The van der Waals surface area contributed by atoms with Crippen molar-refractivity contribution in [3.05, 3.63) is 65.7 Å². The van der Waals surface area contributed by atoms with Crippen molar-refractivity contribution in [2.24, 2.45) is 0 Å². The summed E-state index contributed by atoms with van der Waals surface area (Å²) >= 11 is 15.7. The maximum atomic E-state index is 5.70. The Hall–Kier alpha value is 0.480. The van der Waals surface area contributed by atoms with Gasteiger partial charge in [-0.3, -0.25) is 0 Å². The molecular weight excluding hydrogens is 469 g/mol. The van der Waals surface area contributed by atoms with Gasteiger partial charge >= 0.3 is 0 Å². The second kappa shape index (κ2) is 7.74. The molecule has 0 radical (unpaired) electrons. The maximum Gasteiger partial charge on any atom is 0.0539 e. The van der Waals surface area contributed by atoms with Crippen LogP contribution < -0.4 is 0 Å². The maximum absolute atomic E-state index is 5.70. The molecule has 0 aliphatic heterocycles. The zero-order valence-electron chi connectivity index (χ0n) is 8.13. The number of benzene rings is 2. The monoisotopic (exact) mass is 476 g/mol. The molecule has 0 nitrogen and oxygen atoms in total. The molecule has 0 saturated carbocycles. The third-order valence-corrected chi connectivity index (χ3v) is 4.19. The lowest BCUT2D eigenvalue weighted by Gasteiger charge is -1.89. The van der Waals surface area contributed by atoms with Crippen LogP contribution >= 0.6 is 68.4 Å². The molecule has 0 heterocycles. The van der Waals surface area contributed by atoms with Crippen LogP contribution in [0.15, 0.2) is 48.5 Å². The fourth-order valence-corrected chi connectivity index (χ4v) is 1.88. The number of rotatable bonds is 0. The fraction of sp³-hybridized carbons (Fsp3) is 0. The van der Waals surface area contributed by atoms with E-state index in [2.05, 4.69) is 45.2 Å². The van der Waals surface area contributed by atoms with Crippen molar-refractivity contribution >= 4 is 68.4 Å². The molecule has 0 aliphatic carbocycles. The van der Waals surface area contributed by atoms with Gasteiger partial charge in [-0.15, -0.1) is 0 Å². The summed E-state index contributed by atoms with van der Waals surface area (Å²) in [5.41, 5.74) is 0. The first-order chi connectivity index (χ1) is 7.59. The Morgan fingerprint density at radius 1 is 0.750 bits per heavy atom. The molecule has 16 heavy (non-hydrogen) atoms. The van der Waals surface area contributed by atoms with Gasteiger partial charge in [-0.2, -0.15) is 0 Å². The molecule has 4 heteroatoms. The molecule has 2 aromatic rings. The van der Waals surface area contributed by atoms with Crippen molar-refractivity contribution in [3.63, 3.8) is 0 Å². The minimum absolute atomic E-state index is 0.797. The molecule has 0 spiro atoms. The zero-order valence-corrected chi connectivity index (χ0v) is 14.0. The highest BCUT2D eigenvalue weighted by atomic mass is 127. The van der Waals surface area contributed by atoms with Crippen molar-refractivity contribution in [2.75, 3.05) is 0 Å². The normalized spacial score (nSPS) is 9.25. The molecule has 0 atom stereocenters. The molecule has 0 saturated heterocycles. The Morgan fingerprint density at radius 3 is 1.69 bits per heavy atom. The van der Waals surface area contributed by atoms with E-state index in [4.69, 9.17) is 23.2 Å². The van der Waals surface area contributed by atoms with Crippen LogP contribution in [-0.4, -0.2) is 0 Å². The zero-order chi connectivity index (χ0) is 12.0. The van der Waals surface area contributed by atoms with Crippen LogP contribution in [0.4, 0.5) is 0 Å². The molecule has 0 aliphatic rings. The topological polar surface area (TPSA) is 0 Å². The van der Waals surface area contributed by atoms with Gasteiger partial charge in [-0.25, -0.2) is 0 Å². The molecular formula is C12H8Cl2I2. The van der Waals surface area contributed by atoms with Crippen LogP contribution in [-0.2, 0) is 0 Å². The van der Waals surface area contributed by atoms with Crippen LogP contribution in [0.1, 0.15) is 0 Å². The molecule has 0 N–H and O–H groups in total. The van der Waals surface area contributed by atoms with Crippen molar-refractivity contribution < 1.29 is 0 Å². The van der Waals surface area contributed by atoms with Crippen LogP contribution in [0, 0.1) is 7.14 Å². The van der Waals surface area contributed by atoms with E-state index in [-0.39, 0.29) is 0 Å². The highest BCUT2D eigenvalue weighted by molar-refractivity contribution is 14.1. The molecule has 0 amide bonds. The number of hydrogen-bond donors (Lipinski definition) is 0. The first-order valence-corrected chi connectivity index (χ1v) is 7.32. The summed E-state index contributed by atoms with van der Waals surface area (Å²) in [5, 5.41) is 1.62. The summed E-state index contributed by atoms with van der Waals surface area (Å²) in [6.07, 6.45) is 0. The summed E-state index contributed by atoms with van der Waals surface area (Å²) in [4.78, 5) is 0. The van der Waals surface area contributed by atoms with Crippen molar-refractivity contribution in [1.29, 1.82) is 0 Å². The molecule has 0 unspecified atom stereocenters. The highest BCUT2D eigenvalue weighted by Gasteiger charge is 1.88. The molecule has 84 valence electrons. The largest absolute Gasteiger partial charge is 0.0843 e. The first-order valence-electron chi connectivity index (χ1n) is 4.40. The Kier molecular flexibility index (Phi) is 7.03. The van der Waals surface area contributed by atoms with Gasteiger partial charge < -0.3 is 0 Å². The highest BCUT2D eigenvalue weighted by Crippen LogP contribution is 2.15. The Balaban J connectivity index is 0.000000160. The molecule has 0 fully saturated rings. The summed E-state index contributed by atoms with van der Waals surface area (Å²) in [7, 11) is 0. The second-order valence-corrected chi connectivity index (χ2v) is 6.10. The van der Waals surface area contributed by atoms with E-state index < -0.39 is 0 Å². The standard InChI is InChI=1S/2C6H4ClI/c7-5-1-3-6(8)4-2-5;7-5-3-1-2-4-6(5)8/h2*1-4H. The first kappa shape index (κ1) is 14.5. The van der Waals surface area contributed by atoms with Gasteiger partial charge in [0.05, 0.1) is 5.02 Å². The van der Waals surface area contributed by atoms with Crippen molar-refractivity contribution in [2.45, 2.75) is 0 Å². The van der Waals surface area contributed by atoms with Crippen LogP contribution in [0.2, 0.25) is 10.0 Å². The Bertz CT molecular complexity index is 399. The Morgan fingerprint density at radius 2 is 1.31 bits per heavy atom. The summed E-state index contributed by atoms with van der Waals surface area (Å²) in [6.45, 7) is 0. The van der Waals surface area contributed by atoms with Gasteiger partial charge in [-0.05, 0) is 81.6 Å². The van der Waals surface area contributed by atoms with Gasteiger partial charge in [0.15, 0.2) is 0 Å². The lowest BCUT2D eigenvalue weighted by atomic mass is 10.4. The molecule has 2 aromatic carbocycles. The molecule has 2 rings (SSSR count). The predicted molar refractivity (Wildman–Crippen MR) is 88.3 cm³/mol. The van der Waals surface area contributed by atoms with E-state index in [0.29, 0.717) is 0 Å². The SMILES string of the molecule is Clc1ccc(I)cc1.Clc1ccccc1I. The lowest BCUT2D eigenvalue weighted by Crippen LogP contribution is -1.67. The van der Waals surface area contributed by atoms with E-state index in [1.54, 1.807) is 0 Å². The summed E-state index contributed by atoms with van der Waals surface area (Å²) in [5.74, 6) is 0. The quantitative estimate of drug-likeness (QED) is 0.416. The van der Waals surface area contributed by atoms with Crippen molar-refractivity contribution in [1.82, 2.24) is 0 Å². The third-order valence-electron chi connectivity index (χ3n) is 1.63. The minimum Gasteiger partial charge on any atom is -0.0843 e. The van der Waals surface area contributed by atoms with Gasteiger partial charge in [-0.1, -0.05) is 35.3 Å². The third kappa shape index (κ3) is 5.70. The van der Waals surface area contributed by atoms with Gasteiger partial charge in [0.2, 0.25) is 0 Å². The molecule has 0 bridgehead atoms. The minimum atomic E-state index is 0.797. The van der Waals surface area contributed by atoms with Gasteiger partial charge in [0.1, 0.15) is 0 Å². The lowest BCUT2D eigenvalue weighted by molar-refractivity contribution is 1.65. The van der Waals surface area contributed by atoms with E-state index in [0.717, 1.165) is 13.6 Å². The van der Waals surface area contributed by atoms with E-state index in [9.17, 15) is 0 Å². The average Bonchev–Trinajstić information content (AvgIpc) is 2.28. The van der Waals surface area contributed by atoms with Crippen molar-refractivity contribution in [3.8, 4) is 0 Å². The van der Waals surface area contributed by atoms with Crippen LogP contribution in [0.3, 0.4) is 0 Å². The van der Waals surface area contributed by atoms with E-state index in [1.165, 1.54) is 3.57 Å². The van der Waals surface area contributed by atoms with Crippen LogP contribution in [0.25, 0.3) is 0 Å².